The Kier molecular flexibility index (Phi) is 0.943. The molecule has 0 aromatic rings. The lowest BCUT2D eigenvalue weighted by Crippen LogP contribution is -2.15. The Balaban J connectivity index is 2.37. The van der Waals surface area contributed by atoms with Crippen LogP contribution in [0.5, 0.6) is 0 Å². The number of hydrogen-bond donors (Lipinski definition) is 0. The van der Waals surface area contributed by atoms with Gasteiger partial charge < -0.3 is 4.90 Å². The predicted molar refractivity (Wildman–Crippen MR) is 33.8 cm³/mol. The normalized spacial score (nSPS) is 21.4. The fraction of sp³-hybridized carbons (Fsp3) is 0.167. The molecule has 0 radical (unpaired) electrons. The van der Waals surface area contributed by atoms with Gasteiger partial charge in [0.1, 0.15) is 0 Å². The predicted octanol–water partition coefficient (Wildman–Crippen LogP) is 0.649. The molecule has 0 saturated carbocycles. The molecule has 0 unspecified atom stereocenters. The van der Waals surface area contributed by atoms with Gasteiger partial charge in [-0.05, 0) is 0 Å². The van der Waals surface area contributed by atoms with Crippen LogP contribution in [0.4, 0.5) is 0 Å². The number of azo groups is 1. The van der Waals surface area contributed by atoms with Crippen molar-refractivity contribution in [1.82, 2.24) is 4.90 Å². The molecule has 0 aromatic carbocycles. The van der Waals surface area contributed by atoms with E-state index >= 15 is 0 Å². The minimum Gasteiger partial charge on any atom is -0.322 e. The summed E-state index contributed by atoms with van der Waals surface area (Å²) in [4.78, 5) is 12.5. The van der Waals surface area contributed by atoms with E-state index in [0.717, 1.165) is 0 Å². The molecular formula is C6H5N3O. The average molecular weight is 135 g/mol. The summed E-state index contributed by atoms with van der Waals surface area (Å²) in [6, 6.07) is 0. The third-order valence-corrected chi connectivity index (χ3v) is 1.38. The molecular weight excluding hydrogens is 130 g/mol. The van der Waals surface area contributed by atoms with Gasteiger partial charge in [0.2, 0.25) is 0 Å². The van der Waals surface area contributed by atoms with E-state index in [4.69, 9.17) is 0 Å². The van der Waals surface area contributed by atoms with Gasteiger partial charge in [-0.1, -0.05) is 0 Å². The van der Waals surface area contributed by atoms with Crippen molar-refractivity contribution in [3.05, 3.63) is 24.3 Å². The van der Waals surface area contributed by atoms with Crippen molar-refractivity contribution in [2.45, 2.75) is 0 Å². The molecule has 0 aliphatic carbocycles. The maximum atomic E-state index is 10.8. The maximum absolute atomic E-state index is 10.8. The van der Waals surface area contributed by atoms with Crippen LogP contribution >= 0.6 is 0 Å². The number of rotatable bonds is 0. The van der Waals surface area contributed by atoms with Gasteiger partial charge >= 0.3 is 0 Å². The van der Waals surface area contributed by atoms with Crippen molar-refractivity contribution in [3.8, 4) is 0 Å². The van der Waals surface area contributed by atoms with Crippen molar-refractivity contribution in [2.75, 3.05) is 6.54 Å². The van der Waals surface area contributed by atoms with E-state index in [2.05, 4.69) is 10.2 Å². The largest absolute Gasteiger partial charge is 0.322 e. The van der Waals surface area contributed by atoms with Crippen molar-refractivity contribution in [2.24, 2.45) is 10.2 Å². The van der Waals surface area contributed by atoms with E-state index in [-0.39, 0.29) is 5.78 Å². The lowest BCUT2D eigenvalue weighted by atomic mass is 10.4. The van der Waals surface area contributed by atoms with Crippen LogP contribution in [0.25, 0.3) is 0 Å². The molecule has 2 aliphatic heterocycles. The van der Waals surface area contributed by atoms with E-state index in [1.807, 2.05) is 0 Å². The summed E-state index contributed by atoms with van der Waals surface area (Å²) in [6.45, 7) is 0.408. The Bertz CT molecular complexity index is 264. The van der Waals surface area contributed by atoms with Gasteiger partial charge in [0.25, 0.3) is 0 Å². The first kappa shape index (κ1) is 5.34. The van der Waals surface area contributed by atoms with Crippen LogP contribution in [-0.2, 0) is 4.79 Å². The second kappa shape index (κ2) is 1.76. The first-order valence-electron chi connectivity index (χ1n) is 2.95. The lowest BCUT2D eigenvalue weighted by Gasteiger charge is -2.12. The summed E-state index contributed by atoms with van der Waals surface area (Å²) >= 11 is 0. The van der Waals surface area contributed by atoms with Gasteiger partial charge in [-0.15, -0.1) is 5.11 Å². The molecule has 0 aromatic heterocycles. The van der Waals surface area contributed by atoms with Gasteiger partial charge in [0, 0.05) is 12.3 Å². The van der Waals surface area contributed by atoms with E-state index in [1.54, 1.807) is 17.3 Å². The molecule has 0 fully saturated rings. The number of fused-ring (bicyclic) bond motifs is 1. The van der Waals surface area contributed by atoms with E-state index in [0.29, 0.717) is 12.4 Å². The smallest absolute Gasteiger partial charge is 0.179 e. The summed E-state index contributed by atoms with van der Waals surface area (Å²) < 4.78 is 0. The number of carbonyl (C=O) groups excluding carboxylic acids is 1. The molecule has 4 nitrogen and oxygen atoms in total. The van der Waals surface area contributed by atoms with Gasteiger partial charge in [0.05, 0.1) is 12.7 Å². The highest BCUT2D eigenvalue weighted by atomic mass is 16.1. The molecule has 2 heterocycles. The standard InChI is InChI=1S/C6H5N3O/c10-5-3-6-8-7-1-2-9(6)4-5/h1-3H,4H2. The molecule has 0 amide bonds. The number of carbonyl (C=O) groups is 1. The quantitative estimate of drug-likeness (QED) is 0.489. The highest BCUT2D eigenvalue weighted by molar-refractivity contribution is 5.94. The van der Waals surface area contributed by atoms with Gasteiger partial charge in [0.15, 0.2) is 11.6 Å². The number of nitrogens with zero attached hydrogens (tertiary/aromatic N) is 3. The number of ketones is 1. The zero-order valence-electron chi connectivity index (χ0n) is 5.19. The maximum Gasteiger partial charge on any atom is 0.179 e. The molecule has 4 heteroatoms. The fourth-order valence-corrected chi connectivity index (χ4v) is 0.940. The Morgan fingerprint density at radius 3 is 3.30 bits per heavy atom. The first-order valence-corrected chi connectivity index (χ1v) is 2.95. The van der Waals surface area contributed by atoms with Gasteiger partial charge in [-0.2, -0.15) is 5.11 Å². The van der Waals surface area contributed by atoms with Crippen molar-refractivity contribution in [1.29, 1.82) is 0 Å². The van der Waals surface area contributed by atoms with Crippen LogP contribution in [0, 0.1) is 0 Å². The first-order chi connectivity index (χ1) is 4.86. The van der Waals surface area contributed by atoms with E-state index in [1.165, 1.54) is 6.08 Å². The van der Waals surface area contributed by atoms with Crippen LogP contribution in [0.15, 0.2) is 34.5 Å². The monoisotopic (exact) mass is 135 g/mol. The van der Waals surface area contributed by atoms with Crippen LogP contribution in [-0.4, -0.2) is 17.2 Å². The summed E-state index contributed by atoms with van der Waals surface area (Å²) in [7, 11) is 0. The summed E-state index contributed by atoms with van der Waals surface area (Å²) in [5.41, 5.74) is 0. The van der Waals surface area contributed by atoms with Gasteiger partial charge in [-0.3, -0.25) is 4.79 Å². The van der Waals surface area contributed by atoms with E-state index < -0.39 is 0 Å². The summed E-state index contributed by atoms with van der Waals surface area (Å²) in [5, 5.41) is 7.38. The third-order valence-electron chi connectivity index (χ3n) is 1.38. The highest BCUT2D eigenvalue weighted by Gasteiger charge is 2.19. The minimum absolute atomic E-state index is 0.0838. The molecule has 10 heavy (non-hydrogen) atoms. The summed E-state index contributed by atoms with van der Waals surface area (Å²) in [5.74, 6) is 0.730. The zero-order valence-corrected chi connectivity index (χ0v) is 5.19. The van der Waals surface area contributed by atoms with Crippen LogP contribution in [0.2, 0.25) is 0 Å². The Morgan fingerprint density at radius 2 is 2.50 bits per heavy atom. The topological polar surface area (TPSA) is 45.0 Å². The third kappa shape index (κ3) is 0.655. The zero-order chi connectivity index (χ0) is 6.97. The molecule has 0 N–H and O–H groups in total. The lowest BCUT2D eigenvalue weighted by molar-refractivity contribution is -0.113. The second-order valence-corrected chi connectivity index (χ2v) is 2.11. The van der Waals surface area contributed by atoms with Crippen molar-refractivity contribution in [3.63, 3.8) is 0 Å². The van der Waals surface area contributed by atoms with Crippen LogP contribution < -0.4 is 0 Å². The molecule has 0 saturated heterocycles. The van der Waals surface area contributed by atoms with E-state index in [9.17, 15) is 4.79 Å². The number of hydrogen-bond acceptors (Lipinski definition) is 4. The second-order valence-electron chi connectivity index (χ2n) is 2.11. The van der Waals surface area contributed by atoms with Gasteiger partial charge in [-0.25, -0.2) is 0 Å². The molecule has 0 spiro atoms. The molecule has 0 atom stereocenters. The SMILES string of the molecule is O=C1C=C2N=NC=CN2C1. The highest BCUT2D eigenvalue weighted by Crippen LogP contribution is 2.17. The van der Waals surface area contributed by atoms with Crippen molar-refractivity contribution >= 4 is 5.78 Å². The Morgan fingerprint density at radius 1 is 1.60 bits per heavy atom. The van der Waals surface area contributed by atoms with Crippen LogP contribution in [0.3, 0.4) is 0 Å². The molecule has 0 bridgehead atoms. The minimum atomic E-state index is 0.0838. The molecule has 2 rings (SSSR count). The molecule has 2 aliphatic rings. The Labute approximate surface area is 57.5 Å². The summed E-state index contributed by atoms with van der Waals surface area (Å²) in [6.07, 6.45) is 4.80. The average Bonchev–Trinajstić information content (AvgIpc) is 2.27. The molecule has 50 valence electrons. The Hall–Kier alpha value is -1.45. The fourth-order valence-electron chi connectivity index (χ4n) is 0.940. The van der Waals surface area contributed by atoms with Crippen LogP contribution in [0.1, 0.15) is 0 Å². The van der Waals surface area contributed by atoms with Crippen molar-refractivity contribution < 1.29 is 4.79 Å².